The topological polar surface area (TPSA) is 89.7 Å². The van der Waals surface area contributed by atoms with Crippen LogP contribution in [0.5, 0.6) is 5.75 Å². The van der Waals surface area contributed by atoms with Crippen molar-refractivity contribution in [3.63, 3.8) is 0 Å². The summed E-state index contributed by atoms with van der Waals surface area (Å²) in [5.74, 6) is -0.549. The van der Waals surface area contributed by atoms with Gasteiger partial charge in [-0.1, -0.05) is 0 Å². The van der Waals surface area contributed by atoms with E-state index in [2.05, 4.69) is 0 Å². The van der Waals surface area contributed by atoms with Crippen LogP contribution in [0, 0.1) is 0 Å². The van der Waals surface area contributed by atoms with Gasteiger partial charge in [-0.2, -0.15) is 0 Å². The van der Waals surface area contributed by atoms with Gasteiger partial charge in [-0.3, -0.25) is 4.79 Å². The van der Waals surface area contributed by atoms with Crippen LogP contribution in [0.25, 0.3) is 0 Å². The van der Waals surface area contributed by atoms with Gasteiger partial charge >= 0.3 is 0 Å². The van der Waals surface area contributed by atoms with Crippen LogP contribution in [0.15, 0.2) is 23.1 Å². The zero-order valence-corrected chi connectivity index (χ0v) is 13.0. The lowest BCUT2D eigenvalue weighted by atomic mass is 10.3. The Hall–Kier alpha value is -1.76. The Morgan fingerprint density at radius 3 is 2.67 bits per heavy atom. The van der Waals surface area contributed by atoms with Gasteiger partial charge in [0.2, 0.25) is 5.91 Å². The van der Waals surface area contributed by atoms with Gasteiger partial charge in [0, 0.05) is 19.2 Å². The first-order valence-corrected chi connectivity index (χ1v) is 8.51. The van der Waals surface area contributed by atoms with Crippen molar-refractivity contribution in [1.29, 1.82) is 0 Å². The van der Waals surface area contributed by atoms with Gasteiger partial charge in [0.25, 0.3) is 0 Å². The van der Waals surface area contributed by atoms with E-state index in [0.29, 0.717) is 12.4 Å². The zero-order chi connectivity index (χ0) is 15.6. The number of benzene rings is 1. The third kappa shape index (κ3) is 3.66. The molecule has 0 aromatic heterocycles. The van der Waals surface area contributed by atoms with Crippen molar-refractivity contribution in [1.82, 2.24) is 4.90 Å². The molecule has 6 nitrogen and oxygen atoms in total. The average molecular weight is 312 g/mol. The van der Waals surface area contributed by atoms with Gasteiger partial charge in [-0.25, -0.2) is 8.42 Å². The Morgan fingerprint density at radius 2 is 2.10 bits per heavy atom. The maximum atomic E-state index is 12.4. The molecule has 1 aliphatic carbocycles. The van der Waals surface area contributed by atoms with Crippen molar-refractivity contribution >= 4 is 21.4 Å². The fraction of sp³-hybridized carbons (Fsp3) is 0.500. The molecule has 2 rings (SSSR count). The molecule has 0 atom stereocenters. The molecule has 1 aromatic carbocycles. The van der Waals surface area contributed by atoms with Gasteiger partial charge in [0.1, 0.15) is 11.5 Å². The Kier molecular flexibility index (Phi) is 4.41. The largest absolute Gasteiger partial charge is 0.494 e. The van der Waals surface area contributed by atoms with Crippen LogP contribution in [0.2, 0.25) is 0 Å². The first-order valence-electron chi connectivity index (χ1n) is 6.86. The van der Waals surface area contributed by atoms with Gasteiger partial charge in [-0.05, 0) is 31.9 Å². The molecule has 1 aliphatic rings. The second-order valence-corrected chi connectivity index (χ2v) is 7.09. The lowest BCUT2D eigenvalue weighted by molar-refractivity contribution is -0.127. The second-order valence-electron chi connectivity index (χ2n) is 5.13. The van der Waals surface area contributed by atoms with Crippen LogP contribution in [0.3, 0.4) is 0 Å². The van der Waals surface area contributed by atoms with E-state index in [-0.39, 0.29) is 16.6 Å². The van der Waals surface area contributed by atoms with Crippen molar-refractivity contribution in [3.8, 4) is 5.75 Å². The molecule has 1 amide bonds. The predicted octanol–water partition coefficient (Wildman–Crippen LogP) is 1.06. The monoisotopic (exact) mass is 312 g/mol. The van der Waals surface area contributed by atoms with Crippen molar-refractivity contribution < 1.29 is 17.9 Å². The molecule has 116 valence electrons. The molecule has 0 saturated heterocycles. The minimum absolute atomic E-state index is 0.0500. The number of sulfone groups is 1. The van der Waals surface area contributed by atoms with E-state index in [0.717, 1.165) is 12.8 Å². The summed E-state index contributed by atoms with van der Waals surface area (Å²) in [5.41, 5.74) is 5.86. The molecule has 1 saturated carbocycles. The molecule has 0 radical (unpaired) electrons. The molecular formula is C14H20N2O4S. The third-order valence-corrected chi connectivity index (χ3v) is 5.08. The zero-order valence-electron chi connectivity index (χ0n) is 12.2. The van der Waals surface area contributed by atoms with E-state index in [4.69, 9.17) is 10.5 Å². The van der Waals surface area contributed by atoms with Gasteiger partial charge in [-0.15, -0.1) is 0 Å². The fourth-order valence-electron chi connectivity index (χ4n) is 2.05. The van der Waals surface area contributed by atoms with Crippen LogP contribution in [-0.4, -0.2) is 44.7 Å². The average Bonchev–Trinajstić information content (AvgIpc) is 3.24. The minimum atomic E-state index is -3.78. The smallest absolute Gasteiger partial charge is 0.238 e. The SMILES string of the molecule is CCOc1ccc(N)c(S(=O)(=O)CC(=O)N(C)C2CC2)c1. The third-order valence-electron chi connectivity index (χ3n) is 3.43. The van der Waals surface area contributed by atoms with E-state index in [1.165, 1.54) is 17.0 Å². The Morgan fingerprint density at radius 1 is 1.43 bits per heavy atom. The van der Waals surface area contributed by atoms with Crippen molar-refractivity contribution in [2.45, 2.75) is 30.7 Å². The lowest BCUT2D eigenvalue weighted by Gasteiger charge is -2.17. The quantitative estimate of drug-likeness (QED) is 0.793. The van der Waals surface area contributed by atoms with E-state index < -0.39 is 21.5 Å². The number of rotatable bonds is 6. The number of carbonyl (C=O) groups excluding carboxylic acids is 1. The molecular weight excluding hydrogens is 292 g/mol. The molecule has 21 heavy (non-hydrogen) atoms. The highest BCUT2D eigenvalue weighted by Crippen LogP contribution is 2.28. The molecule has 1 aromatic rings. The number of anilines is 1. The van der Waals surface area contributed by atoms with E-state index in [9.17, 15) is 13.2 Å². The minimum Gasteiger partial charge on any atom is -0.494 e. The Balaban J connectivity index is 2.22. The van der Waals surface area contributed by atoms with E-state index in [1.54, 1.807) is 20.0 Å². The number of hydrogen-bond acceptors (Lipinski definition) is 5. The first-order chi connectivity index (χ1) is 9.85. The maximum absolute atomic E-state index is 12.4. The number of nitrogens with two attached hydrogens (primary N) is 1. The molecule has 0 heterocycles. The summed E-state index contributed by atoms with van der Waals surface area (Å²) in [6, 6.07) is 4.64. The number of carbonyl (C=O) groups is 1. The summed E-state index contributed by atoms with van der Waals surface area (Å²) < 4.78 is 30.1. The lowest BCUT2D eigenvalue weighted by Crippen LogP contribution is -2.34. The van der Waals surface area contributed by atoms with Gasteiger partial charge in [0.15, 0.2) is 9.84 Å². The summed E-state index contributed by atoms with van der Waals surface area (Å²) in [7, 11) is -2.14. The summed E-state index contributed by atoms with van der Waals surface area (Å²) in [5, 5.41) is 0. The fourth-order valence-corrected chi connectivity index (χ4v) is 3.46. The van der Waals surface area contributed by atoms with E-state index >= 15 is 0 Å². The molecule has 0 spiro atoms. The highest BCUT2D eigenvalue weighted by Gasteiger charge is 2.32. The van der Waals surface area contributed by atoms with Gasteiger partial charge in [0.05, 0.1) is 17.2 Å². The highest BCUT2D eigenvalue weighted by molar-refractivity contribution is 7.92. The molecule has 0 unspecified atom stereocenters. The van der Waals surface area contributed by atoms with Crippen molar-refractivity contribution in [2.75, 3.05) is 25.1 Å². The number of amides is 1. The van der Waals surface area contributed by atoms with Crippen LogP contribution in [0.4, 0.5) is 5.69 Å². The highest BCUT2D eigenvalue weighted by atomic mass is 32.2. The molecule has 1 fully saturated rings. The van der Waals surface area contributed by atoms with Crippen LogP contribution in [-0.2, 0) is 14.6 Å². The normalized spacial score (nSPS) is 14.8. The summed E-state index contributed by atoms with van der Waals surface area (Å²) in [6.07, 6.45) is 1.87. The van der Waals surface area contributed by atoms with Crippen molar-refractivity contribution in [2.24, 2.45) is 0 Å². The molecule has 0 aliphatic heterocycles. The molecule has 7 heteroatoms. The molecule has 2 N–H and O–H groups in total. The van der Waals surface area contributed by atoms with E-state index in [1.807, 2.05) is 0 Å². The Bertz CT molecular complexity index is 638. The number of hydrogen-bond donors (Lipinski definition) is 1. The maximum Gasteiger partial charge on any atom is 0.238 e. The number of nitrogens with zero attached hydrogens (tertiary/aromatic N) is 1. The first kappa shape index (κ1) is 15.6. The summed E-state index contributed by atoms with van der Waals surface area (Å²) in [6.45, 7) is 2.23. The van der Waals surface area contributed by atoms with Crippen LogP contribution in [0.1, 0.15) is 19.8 Å². The van der Waals surface area contributed by atoms with Gasteiger partial charge < -0.3 is 15.4 Å². The number of ether oxygens (including phenoxy) is 1. The van der Waals surface area contributed by atoms with Crippen LogP contribution >= 0.6 is 0 Å². The number of nitrogen functional groups attached to an aromatic ring is 1. The molecule has 0 bridgehead atoms. The van der Waals surface area contributed by atoms with Crippen molar-refractivity contribution in [3.05, 3.63) is 18.2 Å². The van der Waals surface area contributed by atoms with Crippen LogP contribution < -0.4 is 10.5 Å². The standard InChI is InChI=1S/C14H20N2O4S/c1-3-20-11-6-7-12(15)13(8-11)21(18,19)9-14(17)16(2)10-4-5-10/h6-8,10H,3-5,9,15H2,1-2H3. The second kappa shape index (κ2) is 5.93. The summed E-state index contributed by atoms with van der Waals surface area (Å²) in [4.78, 5) is 13.5. The predicted molar refractivity (Wildman–Crippen MR) is 79.9 cm³/mol. The summed E-state index contributed by atoms with van der Waals surface area (Å²) >= 11 is 0. The Labute approximate surface area is 124 Å².